The molecule has 1 aromatic carbocycles. The van der Waals surface area contributed by atoms with Gasteiger partial charge in [-0.2, -0.15) is 0 Å². The minimum atomic E-state index is -0.510. The van der Waals surface area contributed by atoms with E-state index in [1.54, 1.807) is 25.1 Å². The maximum Gasteiger partial charge on any atom is 0.305 e. The molecule has 2 aromatic heterocycles. The zero-order valence-corrected chi connectivity index (χ0v) is 13.0. The summed E-state index contributed by atoms with van der Waals surface area (Å²) in [6.45, 7) is 1.79. The Kier molecular flexibility index (Phi) is 3.87. The first kappa shape index (κ1) is 14.6. The van der Waals surface area contributed by atoms with Gasteiger partial charge in [0, 0.05) is 10.9 Å². The molecule has 7 heteroatoms. The largest absolute Gasteiger partial charge is 0.451 e. The first-order valence-electron chi connectivity index (χ1n) is 6.40. The molecule has 112 valence electrons. The zero-order valence-electron chi connectivity index (χ0n) is 11.5. The van der Waals surface area contributed by atoms with Crippen LogP contribution in [0.3, 0.4) is 0 Å². The van der Waals surface area contributed by atoms with Crippen LogP contribution in [0.1, 0.15) is 25.8 Å². The summed E-state index contributed by atoms with van der Waals surface area (Å²) in [5.74, 6) is -0.769. The van der Waals surface area contributed by atoms with Crippen molar-refractivity contribution < 1.29 is 14.0 Å². The van der Waals surface area contributed by atoms with E-state index in [9.17, 15) is 9.59 Å². The van der Waals surface area contributed by atoms with Crippen LogP contribution in [-0.2, 0) is 0 Å². The highest BCUT2D eigenvalue weighted by atomic mass is 35.5. The maximum atomic E-state index is 12.1. The smallest absolute Gasteiger partial charge is 0.305 e. The quantitative estimate of drug-likeness (QED) is 0.704. The van der Waals surface area contributed by atoms with E-state index in [0.717, 1.165) is 22.3 Å². The Morgan fingerprint density at radius 2 is 1.82 bits per heavy atom. The summed E-state index contributed by atoms with van der Waals surface area (Å²) in [6.07, 6.45) is 0. The molecule has 0 radical (unpaired) electrons. The average molecular weight is 335 g/mol. The Morgan fingerprint density at radius 3 is 2.50 bits per heavy atom. The number of rotatable bonds is 2. The number of amides is 2. The van der Waals surface area contributed by atoms with E-state index in [2.05, 4.69) is 10.9 Å². The fourth-order valence-electron chi connectivity index (χ4n) is 2.06. The predicted molar refractivity (Wildman–Crippen MR) is 85.2 cm³/mol. The van der Waals surface area contributed by atoms with Crippen molar-refractivity contribution in [2.75, 3.05) is 0 Å². The fourth-order valence-corrected chi connectivity index (χ4v) is 3.00. The minimum absolute atomic E-state index is 0.172. The number of aryl methyl sites for hydroxylation is 1. The van der Waals surface area contributed by atoms with E-state index in [0.29, 0.717) is 14.8 Å². The lowest BCUT2D eigenvalue weighted by atomic mass is 10.1. The number of hydrazine groups is 1. The topological polar surface area (TPSA) is 71.3 Å². The Bertz CT molecular complexity index is 869. The lowest BCUT2D eigenvalue weighted by Crippen LogP contribution is -2.41. The summed E-state index contributed by atoms with van der Waals surface area (Å²) in [5, 5.41) is 0.865. The SMILES string of the molecule is Cc1c(C(=O)NNC(=O)c2ccc(Cl)s2)oc2ccccc12. The number of fused-ring (bicyclic) bond motifs is 1. The molecule has 0 saturated heterocycles. The lowest BCUT2D eigenvalue weighted by molar-refractivity contribution is 0.0833. The molecule has 0 atom stereocenters. The third-order valence-corrected chi connectivity index (χ3v) is 4.37. The number of furan rings is 1. The third-order valence-electron chi connectivity index (χ3n) is 3.14. The number of halogens is 1. The van der Waals surface area contributed by atoms with Gasteiger partial charge in [0.2, 0.25) is 0 Å². The minimum Gasteiger partial charge on any atom is -0.451 e. The van der Waals surface area contributed by atoms with Gasteiger partial charge in [-0.15, -0.1) is 11.3 Å². The van der Waals surface area contributed by atoms with Gasteiger partial charge in [-0.05, 0) is 25.1 Å². The fraction of sp³-hybridized carbons (Fsp3) is 0.0667. The second-order valence-electron chi connectivity index (χ2n) is 4.56. The number of thiophene rings is 1. The highest BCUT2D eigenvalue weighted by Gasteiger charge is 2.18. The van der Waals surface area contributed by atoms with E-state index >= 15 is 0 Å². The van der Waals surface area contributed by atoms with Crippen LogP contribution in [0.2, 0.25) is 4.34 Å². The molecule has 0 aliphatic rings. The zero-order chi connectivity index (χ0) is 15.7. The van der Waals surface area contributed by atoms with Gasteiger partial charge in [-0.3, -0.25) is 20.4 Å². The number of para-hydroxylation sites is 1. The molecule has 3 rings (SSSR count). The van der Waals surface area contributed by atoms with Gasteiger partial charge in [0.1, 0.15) is 5.58 Å². The Hall–Kier alpha value is -2.31. The molecular weight excluding hydrogens is 324 g/mol. The summed E-state index contributed by atoms with van der Waals surface area (Å²) in [5.41, 5.74) is 6.03. The summed E-state index contributed by atoms with van der Waals surface area (Å²) in [4.78, 5) is 24.4. The van der Waals surface area contributed by atoms with Crippen molar-refractivity contribution in [2.45, 2.75) is 6.92 Å². The van der Waals surface area contributed by atoms with Crippen molar-refractivity contribution in [1.82, 2.24) is 10.9 Å². The molecule has 22 heavy (non-hydrogen) atoms. The third kappa shape index (κ3) is 2.70. The normalized spacial score (nSPS) is 10.6. The summed E-state index contributed by atoms with van der Waals surface area (Å²) in [6, 6.07) is 10.6. The first-order chi connectivity index (χ1) is 10.6. The Morgan fingerprint density at radius 1 is 1.09 bits per heavy atom. The van der Waals surface area contributed by atoms with Gasteiger partial charge in [0.15, 0.2) is 5.76 Å². The van der Waals surface area contributed by atoms with Crippen molar-refractivity contribution in [2.24, 2.45) is 0 Å². The Balaban J connectivity index is 1.73. The number of carbonyl (C=O) groups excluding carboxylic acids is 2. The van der Waals surface area contributed by atoms with Crippen molar-refractivity contribution in [3.8, 4) is 0 Å². The molecule has 0 saturated carbocycles. The molecule has 0 bridgehead atoms. The molecule has 0 aliphatic carbocycles. The van der Waals surface area contributed by atoms with Crippen LogP contribution < -0.4 is 10.9 Å². The molecule has 5 nitrogen and oxygen atoms in total. The molecule has 0 fully saturated rings. The second kappa shape index (κ2) is 5.82. The van der Waals surface area contributed by atoms with Crippen molar-refractivity contribution >= 4 is 45.7 Å². The molecular formula is C15H11ClN2O3S. The number of hydrogen-bond donors (Lipinski definition) is 2. The van der Waals surface area contributed by atoms with Crippen molar-refractivity contribution in [1.29, 1.82) is 0 Å². The van der Waals surface area contributed by atoms with E-state index in [4.69, 9.17) is 16.0 Å². The Labute approximate surface area is 134 Å². The van der Waals surface area contributed by atoms with Crippen LogP contribution in [0.15, 0.2) is 40.8 Å². The van der Waals surface area contributed by atoms with Crippen LogP contribution in [0.5, 0.6) is 0 Å². The van der Waals surface area contributed by atoms with Crippen molar-refractivity contribution in [3.05, 3.63) is 56.9 Å². The average Bonchev–Trinajstić information content (AvgIpc) is 3.09. The second-order valence-corrected chi connectivity index (χ2v) is 6.28. The first-order valence-corrected chi connectivity index (χ1v) is 7.60. The van der Waals surface area contributed by atoms with Gasteiger partial charge >= 0.3 is 5.91 Å². The highest BCUT2D eigenvalue weighted by Crippen LogP contribution is 2.24. The number of benzene rings is 1. The van der Waals surface area contributed by atoms with Gasteiger partial charge in [0.25, 0.3) is 5.91 Å². The molecule has 0 spiro atoms. The van der Waals surface area contributed by atoms with Crippen LogP contribution >= 0.6 is 22.9 Å². The molecule has 2 amide bonds. The van der Waals surface area contributed by atoms with Crippen LogP contribution in [0.25, 0.3) is 11.0 Å². The number of carbonyl (C=O) groups is 2. The molecule has 0 aliphatic heterocycles. The summed E-state index contributed by atoms with van der Waals surface area (Å²) >= 11 is 6.89. The predicted octanol–water partition coefficient (Wildman–Crippen LogP) is 3.53. The van der Waals surface area contributed by atoms with E-state index < -0.39 is 11.8 Å². The monoisotopic (exact) mass is 334 g/mol. The molecule has 2 heterocycles. The van der Waals surface area contributed by atoms with E-state index in [1.165, 1.54) is 0 Å². The lowest BCUT2D eigenvalue weighted by Gasteiger charge is -2.04. The standard InChI is InChI=1S/C15H11ClN2O3S/c1-8-9-4-2-3-5-10(9)21-13(8)15(20)18-17-14(19)11-6-7-12(16)22-11/h2-7H,1H3,(H,17,19)(H,18,20). The van der Waals surface area contributed by atoms with E-state index in [1.807, 2.05) is 18.2 Å². The number of hydrogen-bond acceptors (Lipinski definition) is 4. The van der Waals surface area contributed by atoms with Crippen LogP contribution in [0.4, 0.5) is 0 Å². The van der Waals surface area contributed by atoms with Crippen LogP contribution in [-0.4, -0.2) is 11.8 Å². The van der Waals surface area contributed by atoms with Gasteiger partial charge < -0.3 is 4.42 Å². The number of nitrogens with one attached hydrogen (secondary N) is 2. The van der Waals surface area contributed by atoms with Crippen molar-refractivity contribution in [3.63, 3.8) is 0 Å². The summed E-state index contributed by atoms with van der Waals surface area (Å²) in [7, 11) is 0. The maximum absolute atomic E-state index is 12.1. The highest BCUT2D eigenvalue weighted by molar-refractivity contribution is 7.17. The molecule has 3 aromatic rings. The van der Waals surface area contributed by atoms with Gasteiger partial charge in [-0.25, -0.2) is 0 Å². The van der Waals surface area contributed by atoms with E-state index in [-0.39, 0.29) is 5.76 Å². The van der Waals surface area contributed by atoms with Gasteiger partial charge in [0.05, 0.1) is 9.21 Å². The van der Waals surface area contributed by atoms with Gasteiger partial charge in [-0.1, -0.05) is 29.8 Å². The van der Waals surface area contributed by atoms with Crippen LogP contribution in [0, 0.1) is 6.92 Å². The molecule has 0 unspecified atom stereocenters. The molecule has 2 N–H and O–H groups in total. The summed E-state index contributed by atoms with van der Waals surface area (Å²) < 4.78 is 6.03.